The summed E-state index contributed by atoms with van der Waals surface area (Å²) in [6.45, 7) is 4.27. The molecule has 1 saturated heterocycles. The predicted molar refractivity (Wildman–Crippen MR) is 156 cm³/mol. The summed E-state index contributed by atoms with van der Waals surface area (Å²) in [5.41, 5.74) is 2.06. The van der Waals surface area contributed by atoms with Crippen LogP contribution in [-0.4, -0.2) is 50.6 Å². The van der Waals surface area contributed by atoms with E-state index in [1.54, 1.807) is 11.8 Å². The molecule has 0 radical (unpaired) electrons. The van der Waals surface area contributed by atoms with Crippen LogP contribution in [0.3, 0.4) is 0 Å². The lowest BCUT2D eigenvalue weighted by Crippen LogP contribution is -2.46. The number of benzene rings is 2. The van der Waals surface area contributed by atoms with Crippen molar-refractivity contribution in [3.63, 3.8) is 0 Å². The number of pyridine rings is 1. The summed E-state index contributed by atoms with van der Waals surface area (Å²) in [6.07, 6.45) is -8.58. The van der Waals surface area contributed by atoms with Crippen LogP contribution in [0, 0.1) is 12.7 Å². The molecule has 0 spiro atoms. The highest BCUT2D eigenvalue weighted by molar-refractivity contribution is 7.91. The summed E-state index contributed by atoms with van der Waals surface area (Å²) in [7, 11) is -2.20. The second-order valence-electron chi connectivity index (χ2n) is 11.6. The zero-order valence-corrected chi connectivity index (χ0v) is 25.7. The summed E-state index contributed by atoms with van der Waals surface area (Å²) in [4.78, 5) is 21.0. The predicted octanol–water partition coefficient (Wildman–Crippen LogP) is 6.08. The van der Waals surface area contributed by atoms with Crippen molar-refractivity contribution in [2.24, 2.45) is 5.73 Å². The third-order valence-corrected chi connectivity index (χ3v) is 9.71. The van der Waals surface area contributed by atoms with Gasteiger partial charge in [-0.3, -0.25) is 4.79 Å². The van der Waals surface area contributed by atoms with Crippen molar-refractivity contribution in [2.45, 2.75) is 56.4 Å². The molecule has 0 saturated carbocycles. The second-order valence-corrected chi connectivity index (χ2v) is 13.9. The number of halogens is 7. The Bertz CT molecular complexity index is 1710. The van der Waals surface area contributed by atoms with Crippen molar-refractivity contribution in [3.8, 4) is 11.1 Å². The van der Waals surface area contributed by atoms with Crippen LogP contribution < -0.4 is 15.5 Å². The van der Waals surface area contributed by atoms with E-state index in [0.717, 1.165) is 11.2 Å². The number of likely N-dealkylation sites (N-methyl/N-ethyl adjacent to an activating group) is 1. The normalized spacial score (nSPS) is 17.9. The molecule has 0 bridgehead atoms. The summed E-state index contributed by atoms with van der Waals surface area (Å²) in [5.74, 6) is -1.15. The minimum atomic E-state index is -5.11. The van der Waals surface area contributed by atoms with E-state index in [1.165, 1.54) is 51.4 Å². The molecule has 244 valence electrons. The van der Waals surface area contributed by atoms with Gasteiger partial charge in [0.05, 0.1) is 39.8 Å². The van der Waals surface area contributed by atoms with Gasteiger partial charge >= 0.3 is 12.4 Å². The van der Waals surface area contributed by atoms with Crippen LogP contribution in [0.15, 0.2) is 48.7 Å². The van der Waals surface area contributed by atoms with Crippen molar-refractivity contribution in [1.82, 2.24) is 4.98 Å². The third-order valence-electron chi connectivity index (χ3n) is 8.10. The Morgan fingerprint density at radius 3 is 2.00 bits per heavy atom. The Hall–Kier alpha value is -3.72. The van der Waals surface area contributed by atoms with Gasteiger partial charge in [-0.25, -0.2) is 17.8 Å². The molecule has 1 amide bonds. The number of nitrogens with zero attached hydrogens (tertiary/aromatic N) is 3. The summed E-state index contributed by atoms with van der Waals surface area (Å²) in [6, 6.07) is 6.42. The summed E-state index contributed by atoms with van der Waals surface area (Å²) in [5, 5.41) is -0.867. The van der Waals surface area contributed by atoms with Crippen LogP contribution in [0.2, 0.25) is 0 Å². The van der Waals surface area contributed by atoms with E-state index in [9.17, 15) is 43.9 Å². The molecule has 2 aromatic carbocycles. The molecule has 4 rings (SSSR count). The standard InChI is InChI=1S/C30H31F7N4O3S/c1-16-10-20(31)6-7-21(16)22-14-25(41-9-8-24(26(41)38)45(5,43)44)39-15-23(22)40(4)27(42)28(2,3)17-11-18(29(32,33)34)13-19(12-17)30(35,36)37/h6-7,10-15,24,26H,8-9,38H2,1-5H3. The minimum absolute atomic E-state index is 0.0107. The van der Waals surface area contributed by atoms with Gasteiger partial charge in [0.25, 0.3) is 0 Å². The maximum atomic E-state index is 14.0. The first-order valence-electron chi connectivity index (χ1n) is 13.6. The highest BCUT2D eigenvalue weighted by atomic mass is 32.2. The van der Waals surface area contributed by atoms with Crippen molar-refractivity contribution in [2.75, 3.05) is 29.6 Å². The van der Waals surface area contributed by atoms with E-state index in [2.05, 4.69) is 4.98 Å². The number of nitrogens with two attached hydrogens (primary N) is 1. The van der Waals surface area contributed by atoms with Gasteiger partial charge in [-0.15, -0.1) is 0 Å². The average Bonchev–Trinajstić information content (AvgIpc) is 3.32. The van der Waals surface area contributed by atoms with Gasteiger partial charge < -0.3 is 15.5 Å². The van der Waals surface area contributed by atoms with Crippen molar-refractivity contribution in [1.29, 1.82) is 0 Å². The molecule has 1 aliphatic rings. The fraction of sp³-hybridized carbons (Fsp3) is 0.400. The molecule has 2 heterocycles. The maximum absolute atomic E-state index is 14.0. The van der Waals surface area contributed by atoms with E-state index >= 15 is 0 Å². The number of aromatic nitrogens is 1. The largest absolute Gasteiger partial charge is 0.416 e. The first-order chi connectivity index (χ1) is 20.5. The van der Waals surface area contributed by atoms with Crippen LogP contribution in [0.1, 0.15) is 42.5 Å². The molecule has 1 aliphatic heterocycles. The van der Waals surface area contributed by atoms with Gasteiger partial charge in [0.15, 0.2) is 9.84 Å². The third kappa shape index (κ3) is 6.78. The number of rotatable bonds is 6. The molecule has 15 heteroatoms. The smallest absolute Gasteiger partial charge is 0.340 e. The van der Waals surface area contributed by atoms with Crippen LogP contribution in [0.5, 0.6) is 0 Å². The number of sulfone groups is 1. The molecule has 0 aliphatic carbocycles. The number of alkyl halides is 6. The molecular weight excluding hydrogens is 629 g/mol. The van der Waals surface area contributed by atoms with E-state index in [4.69, 9.17) is 5.73 Å². The highest BCUT2D eigenvalue weighted by Gasteiger charge is 2.42. The van der Waals surface area contributed by atoms with Gasteiger partial charge in [-0.05, 0) is 80.3 Å². The lowest BCUT2D eigenvalue weighted by molar-refractivity contribution is -0.143. The lowest BCUT2D eigenvalue weighted by Gasteiger charge is -2.32. The van der Waals surface area contributed by atoms with Gasteiger partial charge in [-0.1, -0.05) is 6.07 Å². The Morgan fingerprint density at radius 1 is 0.956 bits per heavy atom. The van der Waals surface area contributed by atoms with Crippen LogP contribution >= 0.6 is 0 Å². The number of carbonyl (C=O) groups excluding carboxylic acids is 1. The molecule has 45 heavy (non-hydrogen) atoms. The SMILES string of the molecule is Cc1cc(F)ccc1-c1cc(N2CCC(S(C)(=O)=O)C2N)ncc1N(C)C(=O)C(C)(C)c1cc(C(F)(F)F)cc(C(F)(F)F)c1. The van der Waals surface area contributed by atoms with E-state index < -0.39 is 67.4 Å². The topological polar surface area (TPSA) is 96.6 Å². The Labute approximate surface area is 255 Å². The Balaban J connectivity index is 1.84. The number of aryl methyl sites for hydroxylation is 1. The van der Waals surface area contributed by atoms with E-state index in [0.29, 0.717) is 28.8 Å². The first-order valence-corrected chi connectivity index (χ1v) is 15.5. The van der Waals surface area contributed by atoms with Crippen molar-refractivity contribution >= 4 is 27.2 Å². The number of amides is 1. The quantitative estimate of drug-likeness (QED) is 0.322. The molecule has 2 atom stereocenters. The number of hydrogen-bond acceptors (Lipinski definition) is 6. The number of hydrogen-bond donors (Lipinski definition) is 1. The lowest BCUT2D eigenvalue weighted by atomic mass is 9.81. The van der Waals surface area contributed by atoms with Gasteiger partial charge in [0.1, 0.15) is 11.6 Å². The first kappa shape index (κ1) is 34.2. The Morgan fingerprint density at radius 2 is 1.51 bits per heavy atom. The fourth-order valence-corrected chi connectivity index (χ4v) is 6.68. The summed E-state index contributed by atoms with van der Waals surface area (Å²) >= 11 is 0. The molecule has 1 fully saturated rings. The average molecular weight is 661 g/mol. The summed E-state index contributed by atoms with van der Waals surface area (Å²) < 4.78 is 120. The molecule has 2 N–H and O–H groups in total. The van der Waals surface area contributed by atoms with Crippen molar-refractivity contribution in [3.05, 3.63) is 76.7 Å². The molecular formula is C30H31F7N4O3S. The molecule has 2 unspecified atom stereocenters. The molecule has 3 aromatic rings. The minimum Gasteiger partial charge on any atom is -0.340 e. The van der Waals surface area contributed by atoms with Crippen LogP contribution in [0.25, 0.3) is 11.1 Å². The molecule has 1 aromatic heterocycles. The van der Waals surface area contributed by atoms with Crippen LogP contribution in [0.4, 0.5) is 42.2 Å². The van der Waals surface area contributed by atoms with Gasteiger partial charge in [-0.2, -0.15) is 26.3 Å². The fourth-order valence-electron chi connectivity index (χ4n) is 5.50. The monoisotopic (exact) mass is 660 g/mol. The zero-order chi connectivity index (χ0) is 33.9. The zero-order valence-electron chi connectivity index (χ0n) is 24.9. The maximum Gasteiger partial charge on any atom is 0.416 e. The van der Waals surface area contributed by atoms with E-state index in [-0.39, 0.29) is 30.5 Å². The van der Waals surface area contributed by atoms with Gasteiger partial charge in [0, 0.05) is 25.4 Å². The molecule has 7 nitrogen and oxygen atoms in total. The number of anilines is 2. The Kier molecular flexibility index (Phi) is 8.79. The van der Waals surface area contributed by atoms with Gasteiger partial charge in [0.2, 0.25) is 5.91 Å². The van der Waals surface area contributed by atoms with E-state index in [1.807, 2.05) is 0 Å². The highest BCUT2D eigenvalue weighted by Crippen LogP contribution is 2.41. The number of carbonyl (C=O) groups is 1. The van der Waals surface area contributed by atoms with Crippen LogP contribution in [-0.2, 0) is 32.4 Å². The van der Waals surface area contributed by atoms with Crippen molar-refractivity contribution < 1.29 is 43.9 Å². The second kappa shape index (κ2) is 11.6.